The van der Waals surface area contributed by atoms with Crippen molar-refractivity contribution in [2.24, 2.45) is 7.05 Å². The van der Waals surface area contributed by atoms with Crippen molar-refractivity contribution in [3.8, 4) is 23.0 Å². The van der Waals surface area contributed by atoms with Gasteiger partial charge in [0.05, 0.1) is 7.11 Å². The van der Waals surface area contributed by atoms with Gasteiger partial charge >= 0.3 is 6.61 Å². The first-order valence-corrected chi connectivity index (χ1v) is 6.06. The Morgan fingerprint density at radius 1 is 1.35 bits per heavy atom. The van der Waals surface area contributed by atoms with Crippen LogP contribution in [-0.4, -0.2) is 28.5 Å². The van der Waals surface area contributed by atoms with Crippen LogP contribution in [0.4, 0.5) is 8.78 Å². The smallest absolute Gasteiger partial charge is 0.388 e. The van der Waals surface area contributed by atoms with E-state index in [0.29, 0.717) is 5.56 Å². The van der Waals surface area contributed by atoms with Crippen molar-refractivity contribution in [2.75, 3.05) is 7.11 Å². The standard InChI is InChI=1S/C11H9Cl2F2N3O2/c1-18-10(20-11(14)15)7(13)8(17-18)5-3-6(12)9(19-2)16-4-5/h3-4,11H,1-2H3. The number of alkyl halides is 2. The molecule has 0 saturated heterocycles. The van der Waals surface area contributed by atoms with Gasteiger partial charge in [-0.1, -0.05) is 23.2 Å². The highest BCUT2D eigenvalue weighted by atomic mass is 35.5. The Kier molecular flexibility index (Phi) is 4.29. The summed E-state index contributed by atoms with van der Waals surface area (Å²) < 4.78 is 34.9. The van der Waals surface area contributed by atoms with Crippen molar-refractivity contribution >= 4 is 23.2 Å². The third-order valence-corrected chi connectivity index (χ3v) is 3.03. The molecule has 0 aromatic carbocycles. The van der Waals surface area contributed by atoms with E-state index in [-0.39, 0.29) is 27.5 Å². The Morgan fingerprint density at radius 3 is 2.60 bits per heavy atom. The number of ether oxygens (including phenoxy) is 2. The molecule has 0 spiro atoms. The normalized spacial score (nSPS) is 10.9. The number of hydrogen-bond acceptors (Lipinski definition) is 4. The molecule has 0 fully saturated rings. The van der Waals surface area contributed by atoms with E-state index in [1.807, 2.05) is 0 Å². The van der Waals surface area contributed by atoms with Gasteiger partial charge < -0.3 is 9.47 Å². The van der Waals surface area contributed by atoms with E-state index < -0.39 is 6.61 Å². The summed E-state index contributed by atoms with van der Waals surface area (Å²) in [5.41, 5.74) is 0.697. The van der Waals surface area contributed by atoms with Crippen molar-refractivity contribution in [1.82, 2.24) is 14.8 Å². The molecule has 0 atom stereocenters. The van der Waals surface area contributed by atoms with E-state index >= 15 is 0 Å². The van der Waals surface area contributed by atoms with Crippen molar-refractivity contribution in [2.45, 2.75) is 6.61 Å². The Hall–Kier alpha value is -1.60. The SMILES string of the molecule is COc1ncc(-c2nn(C)c(OC(F)F)c2Cl)cc1Cl. The van der Waals surface area contributed by atoms with Gasteiger partial charge in [-0.3, -0.25) is 0 Å². The lowest BCUT2D eigenvalue weighted by molar-refractivity contribution is -0.0552. The van der Waals surface area contributed by atoms with E-state index in [4.69, 9.17) is 27.9 Å². The first kappa shape index (κ1) is 14.8. The van der Waals surface area contributed by atoms with Gasteiger partial charge in [-0.15, -0.1) is 0 Å². The predicted octanol–water partition coefficient (Wildman–Crippen LogP) is 3.40. The number of pyridine rings is 1. The molecule has 0 amide bonds. The van der Waals surface area contributed by atoms with Crippen LogP contribution in [0.25, 0.3) is 11.3 Å². The molecular formula is C11H9Cl2F2N3O2. The summed E-state index contributed by atoms with van der Waals surface area (Å²) in [5, 5.41) is 4.22. The molecule has 0 aliphatic carbocycles. The second-order valence-corrected chi connectivity index (χ2v) is 4.47. The number of halogens is 4. The first-order valence-electron chi connectivity index (χ1n) is 5.31. The van der Waals surface area contributed by atoms with Gasteiger partial charge in [-0.05, 0) is 6.07 Å². The summed E-state index contributed by atoms with van der Waals surface area (Å²) in [6.45, 7) is -2.99. The maximum atomic E-state index is 12.3. The number of methoxy groups -OCH3 is 1. The molecule has 0 N–H and O–H groups in total. The minimum Gasteiger partial charge on any atom is -0.480 e. The summed E-state index contributed by atoms with van der Waals surface area (Å²) in [4.78, 5) is 3.96. The van der Waals surface area contributed by atoms with Crippen molar-refractivity contribution in [3.05, 3.63) is 22.3 Å². The summed E-state index contributed by atoms with van der Waals surface area (Å²) >= 11 is 11.9. The van der Waals surface area contributed by atoms with E-state index in [9.17, 15) is 8.78 Å². The first-order chi connectivity index (χ1) is 9.43. The molecule has 20 heavy (non-hydrogen) atoms. The maximum Gasteiger partial charge on any atom is 0.388 e. The lowest BCUT2D eigenvalue weighted by Gasteiger charge is -2.04. The molecule has 0 bridgehead atoms. The summed E-state index contributed by atoms with van der Waals surface area (Å²) in [7, 11) is 2.86. The fraction of sp³-hybridized carbons (Fsp3) is 0.273. The predicted molar refractivity (Wildman–Crippen MR) is 69.6 cm³/mol. The van der Waals surface area contributed by atoms with E-state index in [2.05, 4.69) is 14.8 Å². The quantitative estimate of drug-likeness (QED) is 0.865. The fourth-order valence-corrected chi connectivity index (χ4v) is 2.14. The van der Waals surface area contributed by atoms with Crippen LogP contribution in [0, 0.1) is 0 Å². The second kappa shape index (κ2) is 5.80. The molecule has 0 radical (unpaired) electrons. The Balaban J connectivity index is 2.45. The van der Waals surface area contributed by atoms with Gasteiger partial charge in [-0.25, -0.2) is 9.67 Å². The van der Waals surface area contributed by atoms with Crippen molar-refractivity contribution < 1.29 is 18.3 Å². The third-order valence-electron chi connectivity index (χ3n) is 2.41. The number of rotatable bonds is 4. The average Bonchev–Trinajstić information content (AvgIpc) is 2.66. The molecule has 0 unspecified atom stereocenters. The van der Waals surface area contributed by atoms with E-state index in [0.717, 1.165) is 4.68 Å². The number of nitrogens with zero attached hydrogens (tertiary/aromatic N) is 3. The van der Waals surface area contributed by atoms with Gasteiger partial charge in [0.1, 0.15) is 15.7 Å². The molecule has 0 saturated carbocycles. The minimum absolute atomic E-state index is 0.0455. The van der Waals surface area contributed by atoms with Gasteiger partial charge in [0.25, 0.3) is 0 Å². The maximum absolute atomic E-state index is 12.3. The summed E-state index contributed by atoms with van der Waals surface area (Å²) in [6, 6.07) is 1.52. The van der Waals surface area contributed by atoms with Crippen LogP contribution in [0.15, 0.2) is 12.3 Å². The Bertz CT molecular complexity index is 634. The van der Waals surface area contributed by atoms with Crippen LogP contribution >= 0.6 is 23.2 Å². The zero-order valence-corrected chi connectivity index (χ0v) is 11.9. The molecule has 9 heteroatoms. The molecule has 2 aromatic rings. The van der Waals surface area contributed by atoms with Crippen LogP contribution in [0.5, 0.6) is 11.8 Å². The Labute approximate surface area is 123 Å². The molecule has 5 nitrogen and oxygen atoms in total. The van der Waals surface area contributed by atoms with Crippen LogP contribution < -0.4 is 9.47 Å². The number of aromatic nitrogens is 3. The third kappa shape index (κ3) is 2.78. The Morgan fingerprint density at radius 2 is 2.05 bits per heavy atom. The lowest BCUT2D eigenvalue weighted by Crippen LogP contribution is -2.06. The number of hydrogen-bond donors (Lipinski definition) is 0. The largest absolute Gasteiger partial charge is 0.480 e. The van der Waals surface area contributed by atoms with Crippen molar-refractivity contribution in [1.29, 1.82) is 0 Å². The van der Waals surface area contributed by atoms with Crippen molar-refractivity contribution in [3.63, 3.8) is 0 Å². The molecule has 108 valence electrons. The molecule has 2 rings (SSSR count). The summed E-state index contributed by atoms with van der Waals surface area (Å²) in [6.07, 6.45) is 1.42. The van der Waals surface area contributed by atoms with E-state index in [1.54, 1.807) is 0 Å². The van der Waals surface area contributed by atoms with E-state index in [1.165, 1.54) is 26.4 Å². The molecule has 0 aliphatic heterocycles. The zero-order valence-electron chi connectivity index (χ0n) is 10.4. The average molecular weight is 324 g/mol. The highest BCUT2D eigenvalue weighted by molar-refractivity contribution is 6.35. The molecular weight excluding hydrogens is 315 g/mol. The van der Waals surface area contributed by atoms with Crippen LogP contribution in [0.3, 0.4) is 0 Å². The van der Waals surface area contributed by atoms with Crippen LogP contribution in [-0.2, 0) is 7.05 Å². The fourth-order valence-electron chi connectivity index (χ4n) is 1.58. The number of aryl methyl sites for hydroxylation is 1. The topological polar surface area (TPSA) is 49.2 Å². The molecule has 2 aromatic heterocycles. The highest BCUT2D eigenvalue weighted by Gasteiger charge is 2.21. The zero-order chi connectivity index (χ0) is 14.9. The molecule has 0 aliphatic rings. The van der Waals surface area contributed by atoms with Gasteiger partial charge in [-0.2, -0.15) is 13.9 Å². The summed E-state index contributed by atoms with van der Waals surface area (Å²) in [5.74, 6) is 0.00938. The van der Waals surface area contributed by atoms with Gasteiger partial charge in [0.15, 0.2) is 0 Å². The van der Waals surface area contributed by atoms with Crippen LogP contribution in [0.2, 0.25) is 10.0 Å². The highest BCUT2D eigenvalue weighted by Crippen LogP contribution is 2.37. The lowest BCUT2D eigenvalue weighted by atomic mass is 10.2. The van der Waals surface area contributed by atoms with Gasteiger partial charge in [0.2, 0.25) is 11.8 Å². The molecule has 2 heterocycles. The monoisotopic (exact) mass is 323 g/mol. The van der Waals surface area contributed by atoms with Crippen LogP contribution in [0.1, 0.15) is 0 Å². The second-order valence-electron chi connectivity index (χ2n) is 3.68. The van der Waals surface area contributed by atoms with Gasteiger partial charge in [0, 0.05) is 18.8 Å². The minimum atomic E-state index is -2.99.